The number of Topliss-reactive ketones (excluding diaryl/α,β-unsaturated/α-hetero) is 1. The fraction of sp³-hybridized carbons (Fsp3) is 0.167. The molecule has 1 atom stereocenters. The summed E-state index contributed by atoms with van der Waals surface area (Å²) >= 11 is 7.33. The lowest BCUT2D eigenvalue weighted by atomic mass is 9.94. The van der Waals surface area contributed by atoms with E-state index in [9.17, 15) is 19.8 Å². The van der Waals surface area contributed by atoms with Crippen LogP contribution in [0.5, 0.6) is 11.5 Å². The van der Waals surface area contributed by atoms with Crippen molar-refractivity contribution in [2.45, 2.75) is 19.9 Å². The second kappa shape index (κ2) is 8.68. The third-order valence-corrected chi connectivity index (χ3v) is 6.32. The summed E-state index contributed by atoms with van der Waals surface area (Å²) in [5.41, 5.74) is 1.70. The van der Waals surface area contributed by atoms with Gasteiger partial charge in [0.1, 0.15) is 0 Å². The van der Waals surface area contributed by atoms with E-state index >= 15 is 0 Å². The van der Waals surface area contributed by atoms with E-state index in [4.69, 9.17) is 16.3 Å². The van der Waals surface area contributed by atoms with Crippen LogP contribution >= 0.6 is 22.9 Å². The van der Waals surface area contributed by atoms with Gasteiger partial charge in [0.15, 0.2) is 17.3 Å². The van der Waals surface area contributed by atoms with Crippen molar-refractivity contribution in [2.24, 2.45) is 0 Å². The van der Waals surface area contributed by atoms with E-state index in [-0.39, 0.29) is 17.1 Å². The summed E-state index contributed by atoms with van der Waals surface area (Å²) in [5, 5.41) is 23.2. The Morgan fingerprint density at radius 1 is 1.19 bits per heavy atom. The fourth-order valence-corrected chi connectivity index (χ4v) is 4.71. The first-order valence-corrected chi connectivity index (χ1v) is 11.2. The van der Waals surface area contributed by atoms with Gasteiger partial charge in [0.25, 0.3) is 5.91 Å². The Balaban J connectivity index is 1.92. The van der Waals surface area contributed by atoms with Gasteiger partial charge in [-0.2, -0.15) is 0 Å². The monoisotopic (exact) mass is 469 g/mol. The maximum atomic E-state index is 13.4. The van der Waals surface area contributed by atoms with Gasteiger partial charge in [0, 0.05) is 10.7 Å². The first-order valence-electron chi connectivity index (χ1n) is 9.90. The van der Waals surface area contributed by atoms with Gasteiger partial charge in [-0.3, -0.25) is 14.5 Å². The lowest BCUT2D eigenvalue weighted by Gasteiger charge is -2.28. The lowest BCUT2D eigenvalue weighted by molar-refractivity contribution is -0.117. The Kier molecular flexibility index (Phi) is 5.95. The normalized spacial score (nSPS) is 16.0. The van der Waals surface area contributed by atoms with Gasteiger partial charge in [-0.1, -0.05) is 23.7 Å². The molecule has 2 N–H and O–H groups in total. The number of carbonyl (C=O) groups excluding carboxylic acids is 2. The average molecular weight is 470 g/mol. The van der Waals surface area contributed by atoms with Crippen molar-refractivity contribution >= 4 is 40.3 Å². The zero-order valence-electron chi connectivity index (χ0n) is 17.3. The van der Waals surface area contributed by atoms with Crippen LogP contribution in [0.1, 0.15) is 33.8 Å². The highest BCUT2D eigenvalue weighted by atomic mass is 35.5. The minimum Gasteiger partial charge on any atom is -0.504 e. The number of nitrogens with zero attached hydrogens (tertiary/aromatic N) is 1. The molecule has 1 aliphatic heterocycles. The molecule has 32 heavy (non-hydrogen) atoms. The summed E-state index contributed by atoms with van der Waals surface area (Å²) in [4.78, 5) is 28.4. The molecule has 6 nitrogen and oxygen atoms in total. The number of phenolic OH excluding ortho intramolecular Hbond substituents is 1. The molecule has 1 aromatic heterocycles. The number of carbonyl (C=O) groups is 2. The Morgan fingerprint density at radius 2 is 1.97 bits per heavy atom. The number of rotatable bonds is 6. The molecular weight excluding hydrogens is 450 g/mol. The maximum absolute atomic E-state index is 13.4. The Bertz CT molecular complexity index is 1240. The van der Waals surface area contributed by atoms with Crippen LogP contribution in [0.4, 0.5) is 5.69 Å². The molecule has 0 saturated carbocycles. The molecule has 164 valence electrons. The van der Waals surface area contributed by atoms with Crippen molar-refractivity contribution in [1.82, 2.24) is 0 Å². The molecule has 2 heterocycles. The molecule has 1 aliphatic rings. The molecule has 1 amide bonds. The first-order chi connectivity index (χ1) is 15.3. The van der Waals surface area contributed by atoms with E-state index in [0.717, 1.165) is 0 Å². The van der Waals surface area contributed by atoms with Crippen molar-refractivity contribution in [3.05, 3.63) is 86.3 Å². The third-order valence-electron chi connectivity index (χ3n) is 5.22. The third kappa shape index (κ3) is 3.74. The van der Waals surface area contributed by atoms with E-state index in [1.165, 1.54) is 22.3 Å². The van der Waals surface area contributed by atoms with Crippen molar-refractivity contribution in [3.63, 3.8) is 0 Å². The molecule has 1 unspecified atom stereocenters. The Labute approximate surface area is 193 Å². The summed E-state index contributed by atoms with van der Waals surface area (Å²) in [7, 11) is 0. The summed E-state index contributed by atoms with van der Waals surface area (Å²) in [6.07, 6.45) is 0. The SMILES string of the molecule is CCOc1cc(C2C(C(=O)c3cccs3)=C(O)C(=O)N2c2ccc(Cl)cc2C)ccc1O. The van der Waals surface area contributed by atoms with E-state index in [1.54, 1.807) is 61.7 Å². The van der Waals surface area contributed by atoms with Crippen LogP contribution in [0.25, 0.3) is 0 Å². The number of hydrogen-bond donors (Lipinski definition) is 2. The van der Waals surface area contributed by atoms with Crippen LogP contribution in [0.15, 0.2) is 65.2 Å². The van der Waals surface area contributed by atoms with Crippen LogP contribution < -0.4 is 9.64 Å². The van der Waals surface area contributed by atoms with E-state index < -0.39 is 23.5 Å². The van der Waals surface area contributed by atoms with E-state index in [0.29, 0.717) is 33.3 Å². The summed E-state index contributed by atoms with van der Waals surface area (Å²) < 4.78 is 5.51. The smallest absolute Gasteiger partial charge is 0.294 e. The molecule has 0 radical (unpaired) electrons. The molecule has 8 heteroatoms. The number of hydrogen-bond acceptors (Lipinski definition) is 6. The summed E-state index contributed by atoms with van der Waals surface area (Å²) in [5.74, 6) is -1.57. The minimum absolute atomic E-state index is 0.0278. The standard InChI is InChI=1S/C24H20ClNO5S/c1-3-31-18-12-14(6-9-17(18)27)21-20(22(28)19-5-4-10-32-19)23(29)24(30)26(21)16-8-7-15(25)11-13(16)2/h4-12,21,27,29H,3H2,1-2H3. The van der Waals surface area contributed by atoms with Gasteiger partial charge in [-0.05, 0) is 66.8 Å². The highest BCUT2D eigenvalue weighted by molar-refractivity contribution is 7.12. The number of amides is 1. The van der Waals surface area contributed by atoms with Gasteiger partial charge in [0.05, 0.1) is 23.1 Å². The average Bonchev–Trinajstić information content (AvgIpc) is 3.38. The number of aromatic hydroxyl groups is 1. The molecule has 0 fully saturated rings. The van der Waals surface area contributed by atoms with Crippen LogP contribution in [0, 0.1) is 6.92 Å². The molecule has 2 aromatic carbocycles. The number of phenols is 1. The second-order valence-corrected chi connectivity index (χ2v) is 8.62. The topological polar surface area (TPSA) is 87.1 Å². The van der Waals surface area contributed by atoms with Gasteiger partial charge in [0.2, 0.25) is 5.78 Å². The number of halogens is 1. The van der Waals surface area contributed by atoms with Gasteiger partial charge >= 0.3 is 0 Å². The van der Waals surface area contributed by atoms with Crippen LogP contribution in [0.2, 0.25) is 5.02 Å². The zero-order valence-corrected chi connectivity index (χ0v) is 18.9. The number of anilines is 1. The van der Waals surface area contributed by atoms with E-state index in [1.807, 2.05) is 0 Å². The number of aliphatic hydroxyl groups excluding tert-OH is 1. The molecular formula is C24H20ClNO5S. The highest BCUT2D eigenvalue weighted by Gasteiger charge is 2.45. The highest BCUT2D eigenvalue weighted by Crippen LogP contribution is 2.45. The van der Waals surface area contributed by atoms with Crippen molar-refractivity contribution < 1.29 is 24.5 Å². The number of aryl methyl sites for hydroxylation is 1. The Morgan fingerprint density at radius 3 is 2.62 bits per heavy atom. The molecule has 3 aromatic rings. The fourth-order valence-electron chi connectivity index (χ4n) is 3.80. The molecule has 0 spiro atoms. The largest absolute Gasteiger partial charge is 0.504 e. The predicted molar refractivity (Wildman–Crippen MR) is 124 cm³/mol. The van der Waals surface area contributed by atoms with Crippen LogP contribution in [-0.4, -0.2) is 28.5 Å². The Hall–Kier alpha value is -3.29. The van der Waals surface area contributed by atoms with Crippen LogP contribution in [0.3, 0.4) is 0 Å². The quantitative estimate of drug-likeness (QED) is 0.459. The molecule has 0 aliphatic carbocycles. The number of benzene rings is 2. The maximum Gasteiger partial charge on any atom is 0.294 e. The lowest BCUT2D eigenvalue weighted by Crippen LogP contribution is -2.31. The summed E-state index contributed by atoms with van der Waals surface area (Å²) in [6, 6.07) is 12.1. The number of ketones is 1. The van der Waals surface area contributed by atoms with Crippen LogP contribution in [-0.2, 0) is 4.79 Å². The van der Waals surface area contributed by atoms with Crippen molar-refractivity contribution in [2.75, 3.05) is 11.5 Å². The second-order valence-electron chi connectivity index (χ2n) is 7.24. The molecule has 0 saturated heterocycles. The zero-order chi connectivity index (χ0) is 23.0. The van der Waals surface area contributed by atoms with Gasteiger partial charge in [-0.15, -0.1) is 11.3 Å². The van der Waals surface area contributed by atoms with Crippen molar-refractivity contribution in [1.29, 1.82) is 0 Å². The first kappa shape index (κ1) is 21.9. The number of thiophene rings is 1. The summed E-state index contributed by atoms with van der Waals surface area (Å²) in [6.45, 7) is 3.90. The van der Waals surface area contributed by atoms with Crippen molar-refractivity contribution in [3.8, 4) is 11.5 Å². The number of aliphatic hydroxyl groups is 1. The molecule has 4 rings (SSSR count). The van der Waals surface area contributed by atoms with Gasteiger partial charge in [-0.25, -0.2) is 0 Å². The molecule has 0 bridgehead atoms. The number of ether oxygens (including phenoxy) is 1. The minimum atomic E-state index is -0.920. The van der Waals surface area contributed by atoms with E-state index in [2.05, 4.69) is 0 Å². The predicted octanol–water partition coefficient (Wildman–Crippen LogP) is 5.60. The van der Waals surface area contributed by atoms with Gasteiger partial charge < -0.3 is 14.9 Å².